The lowest BCUT2D eigenvalue weighted by molar-refractivity contribution is 0.474. The fourth-order valence-electron chi connectivity index (χ4n) is 1.90. The lowest BCUT2D eigenvalue weighted by Crippen LogP contribution is -2.22. The summed E-state index contributed by atoms with van der Waals surface area (Å²) in [7, 11) is 3.92. The second kappa shape index (κ2) is 5.01. The predicted molar refractivity (Wildman–Crippen MR) is 66.8 cm³/mol. The third kappa shape index (κ3) is 2.65. The van der Waals surface area contributed by atoms with Crippen LogP contribution in [0.1, 0.15) is 17.4 Å². The monoisotopic (exact) mass is 231 g/mol. The van der Waals surface area contributed by atoms with Gasteiger partial charge >= 0.3 is 0 Å². The first-order chi connectivity index (χ1) is 8.20. The Bertz CT molecular complexity index is 476. The van der Waals surface area contributed by atoms with Gasteiger partial charge in [0.1, 0.15) is 11.6 Å². The molecule has 0 aliphatic carbocycles. The zero-order valence-corrected chi connectivity index (χ0v) is 10.1. The van der Waals surface area contributed by atoms with Crippen LogP contribution < -0.4 is 5.32 Å². The van der Waals surface area contributed by atoms with Gasteiger partial charge in [0.15, 0.2) is 0 Å². The molecule has 17 heavy (non-hydrogen) atoms. The highest BCUT2D eigenvalue weighted by Gasteiger charge is 2.14. The highest BCUT2D eigenvalue weighted by Crippen LogP contribution is 2.18. The number of phenols is 1. The van der Waals surface area contributed by atoms with E-state index in [0.29, 0.717) is 5.75 Å². The van der Waals surface area contributed by atoms with E-state index in [-0.39, 0.29) is 6.04 Å². The zero-order valence-electron chi connectivity index (χ0n) is 10.1. The molecule has 0 spiro atoms. The summed E-state index contributed by atoms with van der Waals surface area (Å²) in [5.41, 5.74) is 1.17. The van der Waals surface area contributed by atoms with Crippen molar-refractivity contribution in [2.24, 2.45) is 7.05 Å². The molecular formula is C13H17N3O. The number of aryl methyl sites for hydroxylation is 1. The van der Waals surface area contributed by atoms with E-state index in [1.807, 2.05) is 37.0 Å². The molecule has 4 heteroatoms. The number of phenolic OH excluding ortho intramolecular Hbond substituents is 1. The Morgan fingerprint density at radius 3 is 2.59 bits per heavy atom. The predicted octanol–water partition coefficient (Wildman–Crippen LogP) is 1.63. The van der Waals surface area contributed by atoms with Gasteiger partial charge in [-0.05, 0) is 31.2 Å². The number of hydrogen-bond donors (Lipinski definition) is 2. The van der Waals surface area contributed by atoms with Crippen LogP contribution in [0.4, 0.5) is 0 Å². The van der Waals surface area contributed by atoms with Crippen molar-refractivity contribution in [2.45, 2.75) is 12.5 Å². The molecule has 0 aliphatic heterocycles. The number of rotatable bonds is 4. The molecule has 2 aromatic rings. The number of nitrogens with zero attached hydrogens (tertiary/aromatic N) is 2. The van der Waals surface area contributed by atoms with Crippen molar-refractivity contribution >= 4 is 0 Å². The van der Waals surface area contributed by atoms with Crippen LogP contribution in [0.25, 0.3) is 0 Å². The molecule has 1 heterocycles. The van der Waals surface area contributed by atoms with Crippen LogP contribution in [-0.4, -0.2) is 21.7 Å². The Hall–Kier alpha value is -1.81. The van der Waals surface area contributed by atoms with Gasteiger partial charge in [-0.15, -0.1) is 0 Å². The third-order valence-electron chi connectivity index (χ3n) is 2.89. The molecule has 2 rings (SSSR count). The standard InChI is InChI=1S/C13H17N3O/c1-14-12(13-15-7-8-16(13)2)9-10-3-5-11(17)6-4-10/h3-8,12,14,17H,9H2,1-2H3. The van der Waals surface area contributed by atoms with Crippen LogP contribution in [-0.2, 0) is 13.5 Å². The summed E-state index contributed by atoms with van der Waals surface area (Å²) >= 11 is 0. The van der Waals surface area contributed by atoms with Crippen LogP contribution in [0.15, 0.2) is 36.7 Å². The smallest absolute Gasteiger partial charge is 0.125 e. The van der Waals surface area contributed by atoms with Gasteiger partial charge in [0.25, 0.3) is 0 Å². The summed E-state index contributed by atoms with van der Waals surface area (Å²) in [4.78, 5) is 4.35. The SMILES string of the molecule is CNC(Cc1ccc(O)cc1)c1nccn1C. The molecule has 0 saturated heterocycles. The van der Waals surface area contributed by atoms with E-state index in [2.05, 4.69) is 10.3 Å². The van der Waals surface area contributed by atoms with Crippen molar-refractivity contribution in [3.63, 3.8) is 0 Å². The molecule has 0 bridgehead atoms. The number of nitrogens with one attached hydrogen (secondary N) is 1. The fraction of sp³-hybridized carbons (Fsp3) is 0.308. The van der Waals surface area contributed by atoms with Gasteiger partial charge in [-0.25, -0.2) is 4.98 Å². The van der Waals surface area contributed by atoms with E-state index in [1.54, 1.807) is 18.3 Å². The molecule has 4 nitrogen and oxygen atoms in total. The maximum Gasteiger partial charge on any atom is 0.125 e. The van der Waals surface area contributed by atoms with Crippen molar-refractivity contribution in [3.05, 3.63) is 48.0 Å². The first-order valence-corrected chi connectivity index (χ1v) is 5.63. The number of likely N-dealkylation sites (N-methyl/N-ethyl adjacent to an activating group) is 1. The lowest BCUT2D eigenvalue weighted by atomic mass is 10.1. The van der Waals surface area contributed by atoms with Gasteiger partial charge < -0.3 is 15.0 Å². The molecule has 0 radical (unpaired) electrons. The lowest BCUT2D eigenvalue weighted by Gasteiger charge is -2.16. The van der Waals surface area contributed by atoms with Crippen LogP contribution in [0, 0.1) is 0 Å². The number of aromatic nitrogens is 2. The fourth-order valence-corrected chi connectivity index (χ4v) is 1.90. The summed E-state index contributed by atoms with van der Waals surface area (Å²) in [5.74, 6) is 1.31. The molecule has 90 valence electrons. The molecule has 1 atom stereocenters. The van der Waals surface area contributed by atoms with E-state index in [0.717, 1.165) is 12.2 Å². The van der Waals surface area contributed by atoms with Gasteiger partial charge in [0.2, 0.25) is 0 Å². The third-order valence-corrected chi connectivity index (χ3v) is 2.89. The maximum atomic E-state index is 9.24. The average Bonchev–Trinajstić information content (AvgIpc) is 2.75. The second-order valence-electron chi connectivity index (χ2n) is 4.11. The Labute approximate surface area is 101 Å². The highest BCUT2D eigenvalue weighted by atomic mass is 16.3. The topological polar surface area (TPSA) is 50.1 Å². The van der Waals surface area contributed by atoms with E-state index in [1.165, 1.54) is 5.56 Å². The van der Waals surface area contributed by atoms with Gasteiger partial charge in [-0.3, -0.25) is 0 Å². The van der Waals surface area contributed by atoms with Gasteiger partial charge in [-0.2, -0.15) is 0 Å². The molecule has 0 fully saturated rings. The Kier molecular flexibility index (Phi) is 3.44. The quantitative estimate of drug-likeness (QED) is 0.841. The molecule has 1 unspecified atom stereocenters. The van der Waals surface area contributed by atoms with E-state index >= 15 is 0 Å². The first kappa shape index (κ1) is 11.7. The molecule has 0 aliphatic rings. The minimum atomic E-state index is 0.180. The van der Waals surface area contributed by atoms with Crippen molar-refractivity contribution in [3.8, 4) is 5.75 Å². The Balaban J connectivity index is 2.16. The Morgan fingerprint density at radius 1 is 1.35 bits per heavy atom. The van der Waals surface area contributed by atoms with Crippen LogP contribution in [0.3, 0.4) is 0 Å². The number of hydrogen-bond acceptors (Lipinski definition) is 3. The van der Waals surface area contributed by atoms with Crippen molar-refractivity contribution in [1.82, 2.24) is 14.9 Å². The molecule has 1 aromatic carbocycles. The van der Waals surface area contributed by atoms with Crippen LogP contribution in [0.2, 0.25) is 0 Å². The summed E-state index contributed by atoms with van der Waals surface area (Å²) in [5, 5.41) is 12.5. The summed E-state index contributed by atoms with van der Waals surface area (Å²) < 4.78 is 2.02. The van der Waals surface area contributed by atoms with E-state index in [9.17, 15) is 5.11 Å². The molecular weight excluding hydrogens is 214 g/mol. The molecule has 1 aromatic heterocycles. The van der Waals surface area contributed by atoms with Crippen molar-refractivity contribution < 1.29 is 5.11 Å². The number of imidazole rings is 1. The van der Waals surface area contributed by atoms with Gasteiger partial charge in [0.05, 0.1) is 6.04 Å². The number of aromatic hydroxyl groups is 1. The second-order valence-corrected chi connectivity index (χ2v) is 4.11. The van der Waals surface area contributed by atoms with Gasteiger partial charge in [0, 0.05) is 19.4 Å². The van der Waals surface area contributed by atoms with Crippen LogP contribution in [0.5, 0.6) is 5.75 Å². The zero-order chi connectivity index (χ0) is 12.3. The summed E-state index contributed by atoms with van der Waals surface area (Å²) in [6.45, 7) is 0. The largest absolute Gasteiger partial charge is 0.508 e. The maximum absolute atomic E-state index is 9.24. The first-order valence-electron chi connectivity index (χ1n) is 5.63. The minimum absolute atomic E-state index is 0.180. The average molecular weight is 231 g/mol. The van der Waals surface area contributed by atoms with Crippen molar-refractivity contribution in [2.75, 3.05) is 7.05 Å². The molecule has 0 saturated carbocycles. The van der Waals surface area contributed by atoms with E-state index < -0.39 is 0 Å². The van der Waals surface area contributed by atoms with Gasteiger partial charge in [-0.1, -0.05) is 12.1 Å². The van der Waals surface area contributed by atoms with E-state index in [4.69, 9.17) is 0 Å². The highest BCUT2D eigenvalue weighted by molar-refractivity contribution is 5.27. The summed E-state index contributed by atoms with van der Waals surface area (Å²) in [6.07, 6.45) is 4.59. The molecule has 2 N–H and O–H groups in total. The number of benzene rings is 1. The summed E-state index contributed by atoms with van der Waals surface area (Å²) in [6, 6.07) is 7.46. The molecule has 0 amide bonds. The normalized spacial score (nSPS) is 12.6. The van der Waals surface area contributed by atoms with Crippen molar-refractivity contribution in [1.29, 1.82) is 0 Å². The van der Waals surface area contributed by atoms with Crippen LogP contribution >= 0.6 is 0 Å². The minimum Gasteiger partial charge on any atom is -0.508 e. The Morgan fingerprint density at radius 2 is 2.06 bits per heavy atom.